The average Bonchev–Trinajstić information content (AvgIpc) is 2.20. The maximum absolute atomic E-state index is 10.3. The minimum absolute atomic E-state index is 0.0612. The standard InChI is InChI=1S/C9H10N2O3/c12-9(13)4-3-8(11-14)7-2-1-5-10-6-7/h1-2,5-6,14H,3-4H2,(H,12,13). The molecule has 2 N–H and O–H groups in total. The second-order valence-corrected chi connectivity index (χ2v) is 2.68. The number of aromatic nitrogens is 1. The molecule has 0 aliphatic carbocycles. The zero-order chi connectivity index (χ0) is 10.4. The molecule has 0 spiro atoms. The lowest BCUT2D eigenvalue weighted by molar-refractivity contribution is -0.136. The van der Waals surface area contributed by atoms with Gasteiger partial charge in [0.15, 0.2) is 0 Å². The molecule has 5 nitrogen and oxygen atoms in total. The summed E-state index contributed by atoms with van der Waals surface area (Å²) in [6, 6.07) is 3.41. The Morgan fingerprint density at radius 1 is 1.50 bits per heavy atom. The van der Waals surface area contributed by atoms with Crippen LogP contribution in [0.1, 0.15) is 18.4 Å². The number of rotatable bonds is 4. The second kappa shape index (κ2) is 4.96. The third-order valence-electron chi connectivity index (χ3n) is 1.69. The van der Waals surface area contributed by atoms with Gasteiger partial charge in [-0.1, -0.05) is 5.16 Å². The van der Waals surface area contributed by atoms with Crippen molar-refractivity contribution in [3.63, 3.8) is 0 Å². The van der Waals surface area contributed by atoms with Gasteiger partial charge in [-0.2, -0.15) is 0 Å². The Balaban J connectivity index is 2.69. The van der Waals surface area contributed by atoms with Gasteiger partial charge in [0, 0.05) is 24.4 Å². The van der Waals surface area contributed by atoms with Crippen molar-refractivity contribution in [2.24, 2.45) is 5.16 Å². The van der Waals surface area contributed by atoms with Crippen LogP contribution in [0.15, 0.2) is 29.7 Å². The Morgan fingerprint density at radius 2 is 2.29 bits per heavy atom. The average molecular weight is 194 g/mol. The molecule has 0 aliphatic heterocycles. The van der Waals surface area contributed by atoms with E-state index >= 15 is 0 Å². The number of nitrogens with zero attached hydrogens (tertiary/aromatic N) is 2. The molecule has 0 aromatic carbocycles. The van der Waals surface area contributed by atoms with Crippen LogP contribution < -0.4 is 0 Å². The van der Waals surface area contributed by atoms with Gasteiger partial charge in [0.05, 0.1) is 12.1 Å². The van der Waals surface area contributed by atoms with Gasteiger partial charge >= 0.3 is 5.97 Å². The molecule has 74 valence electrons. The molecular weight excluding hydrogens is 184 g/mol. The number of carboxylic acids is 1. The number of carboxylic acid groups (broad SMARTS) is 1. The number of hydrogen-bond acceptors (Lipinski definition) is 4. The summed E-state index contributed by atoms with van der Waals surface area (Å²) in [4.78, 5) is 14.1. The van der Waals surface area contributed by atoms with Crippen LogP contribution in [0.4, 0.5) is 0 Å². The summed E-state index contributed by atoms with van der Waals surface area (Å²) in [6.07, 6.45) is 3.25. The largest absolute Gasteiger partial charge is 0.481 e. The maximum atomic E-state index is 10.3. The summed E-state index contributed by atoms with van der Waals surface area (Å²) in [5, 5.41) is 20.2. The lowest BCUT2D eigenvalue weighted by Crippen LogP contribution is -2.05. The van der Waals surface area contributed by atoms with Crippen LogP contribution in [0, 0.1) is 0 Å². The first kappa shape index (κ1) is 10.2. The monoisotopic (exact) mass is 194 g/mol. The molecule has 0 saturated carbocycles. The predicted octanol–water partition coefficient (Wildman–Crippen LogP) is 1.12. The van der Waals surface area contributed by atoms with Crippen LogP contribution in [0.5, 0.6) is 0 Å². The molecule has 0 amide bonds. The van der Waals surface area contributed by atoms with E-state index in [0.29, 0.717) is 11.3 Å². The van der Waals surface area contributed by atoms with Crippen molar-refractivity contribution < 1.29 is 15.1 Å². The fourth-order valence-electron chi connectivity index (χ4n) is 1.01. The SMILES string of the molecule is O=C(O)CCC(=NO)c1cccnc1. The third-order valence-corrected chi connectivity index (χ3v) is 1.69. The van der Waals surface area contributed by atoms with Crippen LogP contribution in [0.25, 0.3) is 0 Å². The molecule has 0 aliphatic rings. The minimum Gasteiger partial charge on any atom is -0.481 e. The van der Waals surface area contributed by atoms with Crippen LogP contribution in [-0.4, -0.2) is 27.0 Å². The van der Waals surface area contributed by atoms with Crippen LogP contribution in [-0.2, 0) is 4.79 Å². The van der Waals surface area contributed by atoms with Gasteiger partial charge < -0.3 is 10.3 Å². The normalized spacial score (nSPS) is 11.3. The molecule has 0 unspecified atom stereocenters. The molecule has 0 saturated heterocycles. The van der Waals surface area contributed by atoms with Gasteiger partial charge in [-0.15, -0.1) is 0 Å². The Bertz CT molecular complexity index is 335. The van der Waals surface area contributed by atoms with Crippen molar-refractivity contribution in [3.05, 3.63) is 30.1 Å². The first-order valence-corrected chi connectivity index (χ1v) is 4.07. The van der Waals surface area contributed by atoms with E-state index in [1.165, 1.54) is 6.20 Å². The topological polar surface area (TPSA) is 82.8 Å². The van der Waals surface area contributed by atoms with E-state index < -0.39 is 5.97 Å². The maximum Gasteiger partial charge on any atom is 0.303 e. The van der Waals surface area contributed by atoms with E-state index in [1.54, 1.807) is 18.3 Å². The first-order valence-electron chi connectivity index (χ1n) is 4.07. The molecule has 0 bridgehead atoms. The van der Waals surface area contributed by atoms with Crippen LogP contribution in [0.3, 0.4) is 0 Å². The smallest absolute Gasteiger partial charge is 0.303 e. The van der Waals surface area contributed by atoms with Crippen molar-refractivity contribution in [1.29, 1.82) is 0 Å². The van der Waals surface area contributed by atoms with Gasteiger partial charge in [0.25, 0.3) is 0 Å². The second-order valence-electron chi connectivity index (χ2n) is 2.68. The highest BCUT2D eigenvalue weighted by molar-refractivity contribution is 6.01. The highest BCUT2D eigenvalue weighted by atomic mass is 16.4. The van der Waals surface area contributed by atoms with Crippen molar-refractivity contribution in [3.8, 4) is 0 Å². The molecule has 1 aromatic rings. The van der Waals surface area contributed by atoms with Gasteiger partial charge in [-0.3, -0.25) is 9.78 Å². The van der Waals surface area contributed by atoms with Crippen LogP contribution >= 0.6 is 0 Å². The predicted molar refractivity (Wildman–Crippen MR) is 49.4 cm³/mol. The van der Waals surface area contributed by atoms with Crippen molar-refractivity contribution >= 4 is 11.7 Å². The van der Waals surface area contributed by atoms with E-state index in [2.05, 4.69) is 10.1 Å². The fraction of sp³-hybridized carbons (Fsp3) is 0.222. The Hall–Kier alpha value is -1.91. The summed E-state index contributed by atoms with van der Waals surface area (Å²) >= 11 is 0. The van der Waals surface area contributed by atoms with Gasteiger partial charge in [0.2, 0.25) is 0 Å². The third kappa shape index (κ3) is 2.85. The summed E-state index contributed by atoms with van der Waals surface area (Å²) in [5.74, 6) is -0.921. The molecule has 14 heavy (non-hydrogen) atoms. The summed E-state index contributed by atoms with van der Waals surface area (Å²) in [7, 11) is 0. The van der Waals surface area contributed by atoms with E-state index in [0.717, 1.165) is 0 Å². The molecule has 1 rings (SSSR count). The zero-order valence-electron chi connectivity index (χ0n) is 7.42. The molecule has 0 fully saturated rings. The molecule has 5 heteroatoms. The highest BCUT2D eigenvalue weighted by Crippen LogP contribution is 2.04. The van der Waals surface area contributed by atoms with Gasteiger partial charge in [-0.25, -0.2) is 0 Å². The molecule has 0 radical (unpaired) electrons. The fourth-order valence-corrected chi connectivity index (χ4v) is 1.01. The zero-order valence-corrected chi connectivity index (χ0v) is 7.42. The number of aliphatic carboxylic acids is 1. The number of pyridine rings is 1. The molecule has 1 aromatic heterocycles. The Morgan fingerprint density at radius 3 is 2.79 bits per heavy atom. The van der Waals surface area contributed by atoms with Crippen molar-refractivity contribution in [1.82, 2.24) is 4.98 Å². The van der Waals surface area contributed by atoms with Gasteiger partial charge in [-0.05, 0) is 12.1 Å². The van der Waals surface area contributed by atoms with Gasteiger partial charge in [0.1, 0.15) is 0 Å². The lowest BCUT2D eigenvalue weighted by Gasteiger charge is -2.01. The minimum atomic E-state index is -0.921. The van der Waals surface area contributed by atoms with Crippen LogP contribution in [0.2, 0.25) is 0 Å². The number of carbonyl (C=O) groups is 1. The highest BCUT2D eigenvalue weighted by Gasteiger charge is 2.06. The van der Waals surface area contributed by atoms with Crippen molar-refractivity contribution in [2.45, 2.75) is 12.8 Å². The van der Waals surface area contributed by atoms with E-state index in [4.69, 9.17) is 10.3 Å². The Kier molecular flexibility index (Phi) is 3.60. The molecule has 0 atom stereocenters. The lowest BCUT2D eigenvalue weighted by atomic mass is 10.1. The van der Waals surface area contributed by atoms with Crippen molar-refractivity contribution in [2.75, 3.05) is 0 Å². The summed E-state index contributed by atoms with van der Waals surface area (Å²) in [5.41, 5.74) is 0.969. The molecular formula is C9H10N2O3. The summed E-state index contributed by atoms with van der Waals surface area (Å²) in [6.45, 7) is 0. The molecule has 1 heterocycles. The summed E-state index contributed by atoms with van der Waals surface area (Å²) < 4.78 is 0. The van der Waals surface area contributed by atoms with E-state index in [9.17, 15) is 4.79 Å². The van der Waals surface area contributed by atoms with E-state index in [1.807, 2.05) is 0 Å². The number of hydrogen-bond donors (Lipinski definition) is 2. The Labute approximate surface area is 80.7 Å². The quantitative estimate of drug-likeness (QED) is 0.427. The number of oxime groups is 1. The first-order chi connectivity index (χ1) is 6.74. The van der Waals surface area contributed by atoms with E-state index in [-0.39, 0.29) is 12.8 Å².